The maximum Gasteiger partial charge on any atom is 0.434 e. The summed E-state index contributed by atoms with van der Waals surface area (Å²) in [4.78, 5) is 7.66. The number of ether oxygens (including phenoxy) is 2. The van der Waals surface area contributed by atoms with E-state index in [4.69, 9.17) is 9.47 Å². The SMILES string of the molecule is CN=C(NCCc1nc(C(F)(F)F)cs1)NCCc1cc(F)cc2c1OCOC2. The molecule has 0 amide bonds. The largest absolute Gasteiger partial charge is 0.467 e. The molecule has 1 aromatic carbocycles. The molecule has 6 nitrogen and oxygen atoms in total. The van der Waals surface area contributed by atoms with Gasteiger partial charge >= 0.3 is 6.18 Å². The first-order valence-corrected chi connectivity index (χ1v) is 9.72. The minimum Gasteiger partial charge on any atom is -0.467 e. The van der Waals surface area contributed by atoms with E-state index in [1.54, 1.807) is 7.05 Å². The highest BCUT2D eigenvalue weighted by atomic mass is 32.1. The molecule has 29 heavy (non-hydrogen) atoms. The summed E-state index contributed by atoms with van der Waals surface area (Å²) in [6.45, 7) is 1.29. The Labute approximate surface area is 169 Å². The van der Waals surface area contributed by atoms with Crippen molar-refractivity contribution in [2.75, 3.05) is 26.9 Å². The van der Waals surface area contributed by atoms with E-state index in [9.17, 15) is 17.6 Å². The third-order valence-electron chi connectivity index (χ3n) is 4.14. The van der Waals surface area contributed by atoms with Crippen molar-refractivity contribution in [3.8, 4) is 5.75 Å². The number of alkyl halides is 3. The second kappa shape index (κ2) is 9.40. The summed E-state index contributed by atoms with van der Waals surface area (Å²) in [5, 5.41) is 7.52. The molecule has 3 rings (SSSR count). The number of hydrogen-bond donors (Lipinski definition) is 2. The molecule has 1 aliphatic rings. The van der Waals surface area contributed by atoms with Gasteiger partial charge in [0.1, 0.15) is 11.6 Å². The number of thiazole rings is 1. The fraction of sp³-hybridized carbons (Fsp3) is 0.444. The molecule has 0 saturated heterocycles. The molecule has 0 spiro atoms. The zero-order valence-corrected chi connectivity index (χ0v) is 16.4. The number of halogens is 4. The van der Waals surface area contributed by atoms with Gasteiger partial charge in [0.15, 0.2) is 18.4 Å². The second-order valence-corrected chi connectivity index (χ2v) is 7.16. The van der Waals surface area contributed by atoms with Crippen LogP contribution in [0.5, 0.6) is 5.75 Å². The maximum absolute atomic E-state index is 13.8. The van der Waals surface area contributed by atoms with E-state index in [1.807, 2.05) is 0 Å². The average Bonchev–Trinajstić information content (AvgIpc) is 3.16. The average molecular weight is 432 g/mol. The third kappa shape index (κ3) is 5.80. The van der Waals surface area contributed by atoms with Crippen LogP contribution in [0.2, 0.25) is 0 Å². The van der Waals surface area contributed by atoms with Crippen LogP contribution < -0.4 is 15.4 Å². The van der Waals surface area contributed by atoms with Gasteiger partial charge in [-0.3, -0.25) is 4.99 Å². The summed E-state index contributed by atoms with van der Waals surface area (Å²) in [7, 11) is 1.59. The monoisotopic (exact) mass is 432 g/mol. The van der Waals surface area contributed by atoms with Gasteiger partial charge in [0.05, 0.1) is 11.6 Å². The van der Waals surface area contributed by atoms with Crippen LogP contribution in [0.15, 0.2) is 22.5 Å². The number of aliphatic imine (C=N–C) groups is 1. The van der Waals surface area contributed by atoms with Crippen molar-refractivity contribution in [2.45, 2.75) is 25.6 Å². The lowest BCUT2D eigenvalue weighted by atomic mass is 10.1. The molecule has 0 aliphatic carbocycles. The zero-order chi connectivity index (χ0) is 20.9. The molecule has 2 aromatic rings. The highest BCUT2D eigenvalue weighted by Gasteiger charge is 2.33. The quantitative estimate of drug-likeness (QED) is 0.417. The predicted octanol–water partition coefficient (Wildman–Crippen LogP) is 3.12. The van der Waals surface area contributed by atoms with Gasteiger partial charge < -0.3 is 20.1 Å². The van der Waals surface area contributed by atoms with Crippen molar-refractivity contribution in [1.82, 2.24) is 15.6 Å². The first-order valence-electron chi connectivity index (χ1n) is 8.85. The number of hydrogen-bond acceptors (Lipinski definition) is 5. The van der Waals surface area contributed by atoms with E-state index < -0.39 is 11.9 Å². The summed E-state index contributed by atoms with van der Waals surface area (Å²) in [5.74, 6) is 0.788. The number of benzene rings is 1. The molecule has 0 radical (unpaired) electrons. The van der Waals surface area contributed by atoms with E-state index in [-0.39, 0.29) is 12.6 Å². The molecule has 0 fully saturated rings. The summed E-state index contributed by atoms with van der Waals surface area (Å²) >= 11 is 0.974. The number of nitrogens with one attached hydrogen (secondary N) is 2. The molecule has 0 saturated carbocycles. The third-order valence-corrected chi connectivity index (χ3v) is 5.04. The molecule has 1 aromatic heterocycles. The van der Waals surface area contributed by atoms with Crippen LogP contribution in [0.4, 0.5) is 17.6 Å². The lowest BCUT2D eigenvalue weighted by Crippen LogP contribution is -2.39. The Morgan fingerprint density at radius 3 is 2.69 bits per heavy atom. The Hall–Kier alpha value is -2.40. The maximum atomic E-state index is 13.8. The van der Waals surface area contributed by atoms with Gasteiger partial charge in [-0.15, -0.1) is 11.3 Å². The van der Waals surface area contributed by atoms with Gasteiger partial charge in [-0.05, 0) is 24.1 Å². The zero-order valence-electron chi connectivity index (χ0n) is 15.6. The van der Waals surface area contributed by atoms with Crippen molar-refractivity contribution < 1.29 is 27.0 Å². The minimum absolute atomic E-state index is 0.134. The van der Waals surface area contributed by atoms with Crippen LogP contribution in [0.3, 0.4) is 0 Å². The molecule has 2 heterocycles. The number of fused-ring (bicyclic) bond motifs is 1. The molecule has 0 atom stereocenters. The molecule has 11 heteroatoms. The van der Waals surface area contributed by atoms with Crippen molar-refractivity contribution in [1.29, 1.82) is 0 Å². The molecular weight excluding hydrogens is 412 g/mol. The lowest BCUT2D eigenvalue weighted by molar-refractivity contribution is -0.140. The topological polar surface area (TPSA) is 67.8 Å². The molecular formula is C18H20F4N4O2S. The van der Waals surface area contributed by atoms with Gasteiger partial charge in [0.25, 0.3) is 0 Å². The lowest BCUT2D eigenvalue weighted by Gasteiger charge is -2.21. The van der Waals surface area contributed by atoms with Crippen molar-refractivity contribution in [2.24, 2.45) is 4.99 Å². The highest BCUT2D eigenvalue weighted by molar-refractivity contribution is 7.09. The Balaban J connectivity index is 1.47. The number of guanidine groups is 1. The Morgan fingerprint density at radius 2 is 2.00 bits per heavy atom. The standard InChI is InChI=1S/C18H20F4N4O2S/c1-23-17(25-5-3-15-26-14(9-29-15)18(20,21)22)24-4-2-11-6-13(19)7-12-8-27-10-28-16(11)12/h6-7,9H,2-5,8,10H2,1H3,(H2,23,24,25). The van der Waals surface area contributed by atoms with Gasteiger partial charge in [-0.2, -0.15) is 13.2 Å². The van der Waals surface area contributed by atoms with E-state index in [2.05, 4.69) is 20.6 Å². The van der Waals surface area contributed by atoms with Crippen molar-refractivity contribution >= 4 is 17.3 Å². The molecule has 2 N–H and O–H groups in total. The first kappa shape index (κ1) is 21.3. The van der Waals surface area contributed by atoms with E-state index in [0.717, 1.165) is 22.3 Å². The normalized spacial score (nSPS) is 14.3. The molecule has 1 aliphatic heterocycles. The minimum atomic E-state index is -4.42. The number of nitrogens with zero attached hydrogens (tertiary/aromatic N) is 2. The van der Waals surface area contributed by atoms with Crippen LogP contribution >= 0.6 is 11.3 Å². The van der Waals surface area contributed by atoms with Gasteiger partial charge in [0.2, 0.25) is 0 Å². The van der Waals surface area contributed by atoms with Crippen molar-refractivity contribution in [3.63, 3.8) is 0 Å². The fourth-order valence-corrected chi connectivity index (χ4v) is 3.63. The number of aromatic nitrogens is 1. The highest BCUT2D eigenvalue weighted by Crippen LogP contribution is 2.30. The van der Waals surface area contributed by atoms with Crippen LogP contribution in [-0.2, 0) is 30.4 Å². The molecule has 0 bridgehead atoms. The van der Waals surface area contributed by atoms with E-state index in [1.165, 1.54) is 12.1 Å². The van der Waals surface area contributed by atoms with Gasteiger partial charge in [-0.1, -0.05) is 0 Å². The summed E-state index contributed by atoms with van der Waals surface area (Å²) in [6, 6.07) is 2.83. The summed E-state index contributed by atoms with van der Waals surface area (Å²) < 4.78 is 62.1. The van der Waals surface area contributed by atoms with E-state index >= 15 is 0 Å². The predicted molar refractivity (Wildman–Crippen MR) is 101 cm³/mol. The van der Waals surface area contributed by atoms with E-state index in [0.29, 0.717) is 54.8 Å². The first-order chi connectivity index (χ1) is 13.9. The molecule has 0 unspecified atom stereocenters. The Kier molecular flexibility index (Phi) is 6.91. The smallest absolute Gasteiger partial charge is 0.434 e. The van der Waals surface area contributed by atoms with Crippen LogP contribution in [0.1, 0.15) is 21.8 Å². The van der Waals surface area contributed by atoms with Crippen molar-refractivity contribution in [3.05, 3.63) is 45.2 Å². The Morgan fingerprint density at radius 1 is 1.24 bits per heavy atom. The van der Waals surface area contributed by atoms with Gasteiger partial charge in [-0.25, -0.2) is 9.37 Å². The molecule has 158 valence electrons. The fourth-order valence-electron chi connectivity index (χ4n) is 2.82. The number of rotatable bonds is 6. The van der Waals surface area contributed by atoms with Gasteiger partial charge in [0, 0.05) is 37.5 Å². The second-order valence-electron chi connectivity index (χ2n) is 6.21. The summed E-state index contributed by atoms with van der Waals surface area (Å²) in [6.07, 6.45) is -3.58. The van der Waals surface area contributed by atoms with Crippen LogP contribution in [0, 0.1) is 5.82 Å². The summed E-state index contributed by atoms with van der Waals surface area (Å²) in [5.41, 5.74) is 0.537. The van der Waals surface area contributed by atoms with Crippen LogP contribution in [-0.4, -0.2) is 37.9 Å². The van der Waals surface area contributed by atoms with Crippen LogP contribution in [0.25, 0.3) is 0 Å². The Bertz CT molecular complexity index is 870.